The van der Waals surface area contributed by atoms with Crippen molar-refractivity contribution < 1.29 is 19.1 Å². The first kappa shape index (κ1) is 24.6. The highest BCUT2D eigenvalue weighted by molar-refractivity contribution is 6.32. The number of hydrogen-bond donors (Lipinski definition) is 0. The van der Waals surface area contributed by atoms with Gasteiger partial charge >= 0.3 is 0 Å². The average Bonchev–Trinajstić information content (AvgIpc) is 3.43. The summed E-state index contributed by atoms with van der Waals surface area (Å²) in [6.07, 6.45) is 3.88. The molecule has 0 amide bonds. The molecule has 2 heterocycles. The van der Waals surface area contributed by atoms with Gasteiger partial charge in [0.1, 0.15) is 17.2 Å². The Morgan fingerprint density at radius 1 is 0.850 bits per heavy atom. The summed E-state index contributed by atoms with van der Waals surface area (Å²) in [4.78, 5) is 45.9. The van der Waals surface area contributed by atoms with Gasteiger partial charge in [0.25, 0.3) is 0 Å². The number of ether oxygens (including phenoxy) is 1. The molecule has 4 aromatic rings. The number of fused-ring (bicyclic) bond motifs is 5. The maximum Gasteiger partial charge on any atom is 0.186 e. The van der Waals surface area contributed by atoms with E-state index in [4.69, 9.17) is 16.3 Å². The van der Waals surface area contributed by atoms with E-state index in [2.05, 4.69) is 0 Å². The third-order valence-corrected chi connectivity index (χ3v) is 8.82. The van der Waals surface area contributed by atoms with Crippen molar-refractivity contribution in [3.63, 3.8) is 0 Å². The number of ketones is 3. The minimum atomic E-state index is -1.54. The van der Waals surface area contributed by atoms with Gasteiger partial charge in [0.2, 0.25) is 0 Å². The third-order valence-electron chi connectivity index (χ3n) is 8.56. The van der Waals surface area contributed by atoms with Crippen molar-refractivity contribution in [3.8, 4) is 5.75 Å². The van der Waals surface area contributed by atoms with Crippen LogP contribution in [0.4, 0.5) is 5.69 Å². The van der Waals surface area contributed by atoms with Gasteiger partial charge in [0.15, 0.2) is 17.3 Å². The summed E-state index contributed by atoms with van der Waals surface area (Å²) in [5.74, 6) is -0.933. The molecule has 7 rings (SSSR count). The normalized spacial score (nSPS) is 21.8. The predicted octanol–water partition coefficient (Wildman–Crippen LogP) is 6.66. The van der Waals surface area contributed by atoms with Gasteiger partial charge in [-0.05, 0) is 41.5 Å². The monoisotopic (exact) mass is 545 g/mol. The van der Waals surface area contributed by atoms with E-state index in [9.17, 15) is 14.4 Å². The van der Waals surface area contributed by atoms with Crippen molar-refractivity contribution in [3.05, 3.63) is 136 Å². The minimum absolute atomic E-state index is 0.192. The van der Waals surface area contributed by atoms with Crippen LogP contribution < -0.4 is 9.64 Å². The Bertz CT molecular complexity index is 1710. The van der Waals surface area contributed by atoms with Gasteiger partial charge < -0.3 is 9.64 Å². The number of halogens is 1. The standard InChI is InChI=1S/C34H24ClNO4/c1-40-24-9-6-8-22(19-24)31(37)30-29(21-13-16-23(35)17-14-21)34(32(38)25-10-3-4-11-26(25)33(34)39)28-18-15-20-7-2-5-12-27(20)36(28)30/h2-19,28-30H,1H3/t28?,29-,30+/m0/s1. The van der Waals surface area contributed by atoms with Gasteiger partial charge in [-0.1, -0.05) is 90.5 Å². The molecule has 3 aliphatic rings. The zero-order valence-corrected chi connectivity index (χ0v) is 22.3. The van der Waals surface area contributed by atoms with Gasteiger partial charge in [0.05, 0.1) is 13.2 Å². The van der Waals surface area contributed by atoms with Crippen LogP contribution in [0.25, 0.3) is 6.08 Å². The maximum absolute atomic E-state index is 14.7. The van der Waals surface area contributed by atoms with Crippen LogP contribution in [0.1, 0.15) is 48.1 Å². The molecule has 0 aromatic heterocycles. The van der Waals surface area contributed by atoms with E-state index in [1.807, 2.05) is 53.5 Å². The van der Waals surface area contributed by atoms with E-state index in [0.717, 1.165) is 11.3 Å². The highest BCUT2D eigenvalue weighted by Gasteiger charge is 2.71. The Labute approximate surface area is 236 Å². The molecule has 1 unspecified atom stereocenters. The van der Waals surface area contributed by atoms with E-state index < -0.39 is 23.4 Å². The lowest BCUT2D eigenvalue weighted by Crippen LogP contribution is -2.48. The van der Waals surface area contributed by atoms with Crippen molar-refractivity contribution in [2.75, 3.05) is 12.0 Å². The summed E-state index contributed by atoms with van der Waals surface area (Å²) in [5, 5.41) is 0.529. The molecule has 0 bridgehead atoms. The van der Waals surface area contributed by atoms with E-state index in [0.29, 0.717) is 33.0 Å². The zero-order valence-electron chi connectivity index (χ0n) is 21.6. The van der Waals surface area contributed by atoms with Crippen LogP contribution in [0.2, 0.25) is 5.02 Å². The number of Topliss-reactive ketones (excluding diaryl/α,β-unsaturated/α-hetero) is 3. The highest BCUT2D eigenvalue weighted by atomic mass is 35.5. The van der Waals surface area contributed by atoms with E-state index in [1.54, 1.807) is 67.8 Å². The van der Waals surface area contributed by atoms with Crippen molar-refractivity contribution >= 4 is 40.7 Å². The number of carbonyl (C=O) groups is 3. The second-order valence-electron chi connectivity index (χ2n) is 10.4. The number of benzene rings is 4. The SMILES string of the molecule is COc1cccc(C(=O)[C@H]2[C@H](c3ccc(Cl)cc3)C3(C(=O)c4ccccc4C3=O)C3C=Cc4ccccc4N32)c1. The largest absolute Gasteiger partial charge is 0.497 e. The number of methoxy groups -OCH3 is 1. The number of anilines is 1. The molecular weight excluding hydrogens is 522 g/mol. The van der Waals surface area contributed by atoms with Gasteiger partial charge in [0, 0.05) is 33.3 Å². The average molecular weight is 546 g/mol. The fraction of sp³-hybridized carbons (Fsp3) is 0.147. The van der Waals surface area contributed by atoms with Crippen LogP contribution in [0.15, 0.2) is 103 Å². The van der Waals surface area contributed by atoms with Crippen molar-refractivity contribution in [1.29, 1.82) is 0 Å². The number of rotatable bonds is 4. The number of carbonyl (C=O) groups excluding carboxylic acids is 3. The topological polar surface area (TPSA) is 63.7 Å². The molecule has 2 aliphatic heterocycles. The smallest absolute Gasteiger partial charge is 0.186 e. The van der Waals surface area contributed by atoms with Crippen LogP contribution >= 0.6 is 11.6 Å². The van der Waals surface area contributed by atoms with Crippen molar-refractivity contribution in [2.45, 2.75) is 18.0 Å². The molecular formula is C34H24ClNO4. The number of hydrogen-bond acceptors (Lipinski definition) is 5. The highest BCUT2D eigenvalue weighted by Crippen LogP contribution is 2.61. The summed E-state index contributed by atoms with van der Waals surface area (Å²) >= 11 is 6.28. The number of nitrogens with zero attached hydrogens (tertiary/aromatic N) is 1. The second-order valence-corrected chi connectivity index (χ2v) is 10.8. The van der Waals surface area contributed by atoms with Gasteiger partial charge in [-0.2, -0.15) is 0 Å². The summed E-state index contributed by atoms with van der Waals surface area (Å²) in [5.41, 5.74) is 2.14. The summed E-state index contributed by atoms with van der Waals surface area (Å²) in [7, 11) is 1.56. The Morgan fingerprint density at radius 3 is 2.23 bits per heavy atom. The van der Waals surface area contributed by atoms with Gasteiger partial charge in [-0.3, -0.25) is 14.4 Å². The van der Waals surface area contributed by atoms with Crippen LogP contribution in [0.5, 0.6) is 5.75 Å². The van der Waals surface area contributed by atoms with Crippen molar-refractivity contribution in [2.24, 2.45) is 5.41 Å². The Balaban J connectivity index is 1.54. The van der Waals surface area contributed by atoms with Gasteiger partial charge in [-0.25, -0.2) is 0 Å². The van der Waals surface area contributed by atoms with Crippen molar-refractivity contribution in [1.82, 2.24) is 0 Å². The summed E-state index contributed by atoms with van der Waals surface area (Å²) in [6, 6.07) is 27.4. The minimum Gasteiger partial charge on any atom is -0.497 e. The molecule has 0 N–H and O–H groups in total. The predicted molar refractivity (Wildman–Crippen MR) is 155 cm³/mol. The molecule has 3 atom stereocenters. The van der Waals surface area contributed by atoms with Crippen LogP contribution in [-0.2, 0) is 0 Å². The molecule has 5 nitrogen and oxygen atoms in total. The molecule has 6 heteroatoms. The lowest BCUT2D eigenvalue weighted by molar-refractivity contribution is 0.0666. The molecule has 1 fully saturated rings. The number of para-hydroxylation sites is 1. The second kappa shape index (κ2) is 9.04. The first-order chi connectivity index (χ1) is 19.5. The van der Waals surface area contributed by atoms with E-state index in [-0.39, 0.29) is 17.3 Å². The third kappa shape index (κ3) is 3.24. The fourth-order valence-electron chi connectivity index (χ4n) is 6.91. The first-order valence-electron chi connectivity index (χ1n) is 13.1. The summed E-state index contributed by atoms with van der Waals surface area (Å²) in [6.45, 7) is 0. The van der Waals surface area contributed by atoms with E-state index >= 15 is 0 Å². The maximum atomic E-state index is 14.7. The quantitative estimate of drug-likeness (QED) is 0.212. The Morgan fingerprint density at radius 2 is 1.52 bits per heavy atom. The van der Waals surface area contributed by atoms with Crippen LogP contribution in [0.3, 0.4) is 0 Å². The first-order valence-corrected chi connectivity index (χ1v) is 13.5. The molecule has 1 spiro atoms. The molecule has 1 saturated heterocycles. The molecule has 4 aromatic carbocycles. The summed E-state index contributed by atoms with van der Waals surface area (Å²) < 4.78 is 5.43. The molecule has 0 saturated carbocycles. The lowest BCUT2D eigenvalue weighted by Gasteiger charge is -2.37. The molecule has 40 heavy (non-hydrogen) atoms. The molecule has 1 aliphatic carbocycles. The zero-order chi connectivity index (χ0) is 27.6. The molecule has 0 radical (unpaired) electrons. The van der Waals surface area contributed by atoms with E-state index in [1.165, 1.54) is 0 Å². The Hall–Kier alpha value is -4.48. The van der Waals surface area contributed by atoms with Gasteiger partial charge in [-0.15, -0.1) is 0 Å². The fourth-order valence-corrected chi connectivity index (χ4v) is 7.03. The van der Waals surface area contributed by atoms with Crippen LogP contribution in [-0.4, -0.2) is 36.5 Å². The molecule has 196 valence electrons. The lowest BCUT2D eigenvalue weighted by atomic mass is 9.64. The van der Waals surface area contributed by atoms with Crippen LogP contribution in [0, 0.1) is 5.41 Å². The Kier molecular flexibility index (Phi) is 5.55.